The Morgan fingerprint density at radius 2 is 1.59 bits per heavy atom. The summed E-state index contributed by atoms with van der Waals surface area (Å²) < 4.78 is 0. The van der Waals surface area contributed by atoms with Crippen molar-refractivity contribution >= 4 is 12.1 Å². The van der Waals surface area contributed by atoms with Crippen molar-refractivity contribution in [1.29, 1.82) is 0 Å². The van der Waals surface area contributed by atoms with Crippen LogP contribution in [0.15, 0.2) is 5.10 Å². The zero-order valence-electron chi connectivity index (χ0n) is 13.5. The molecule has 0 aromatic heterocycles. The van der Waals surface area contributed by atoms with Gasteiger partial charge in [0.15, 0.2) is 0 Å². The summed E-state index contributed by atoms with van der Waals surface area (Å²) in [5.74, 6) is 5.15. The Hall–Kier alpha value is -0.860. The Morgan fingerprint density at radius 1 is 0.909 bits per heavy atom. The van der Waals surface area contributed by atoms with Crippen LogP contribution in [0.2, 0.25) is 0 Å². The van der Waals surface area contributed by atoms with Crippen LogP contribution in [0.5, 0.6) is 0 Å². The molecule has 1 amide bonds. The lowest BCUT2D eigenvalue weighted by molar-refractivity contribution is -0.146. The van der Waals surface area contributed by atoms with Crippen molar-refractivity contribution in [2.75, 3.05) is 0 Å². The number of carbonyl (C=O) groups excluding carboxylic acids is 1. The first kappa shape index (κ1) is 13.6. The van der Waals surface area contributed by atoms with Crippen molar-refractivity contribution in [3.8, 4) is 0 Å². The van der Waals surface area contributed by atoms with E-state index in [2.05, 4.69) is 16.7 Å². The van der Waals surface area contributed by atoms with Crippen LogP contribution in [0.1, 0.15) is 64.2 Å². The van der Waals surface area contributed by atoms with Crippen molar-refractivity contribution in [3.05, 3.63) is 0 Å². The highest BCUT2D eigenvalue weighted by Gasteiger charge is 2.54. The molecule has 0 heterocycles. The van der Waals surface area contributed by atoms with Crippen LogP contribution < -0.4 is 5.43 Å². The molecule has 6 saturated carbocycles. The van der Waals surface area contributed by atoms with E-state index in [4.69, 9.17) is 0 Å². The highest BCUT2D eigenvalue weighted by Crippen LogP contribution is 2.60. The number of hydrogen-bond acceptors (Lipinski definition) is 2. The summed E-state index contributed by atoms with van der Waals surface area (Å²) in [7, 11) is 0. The van der Waals surface area contributed by atoms with Gasteiger partial charge in [-0.25, -0.2) is 5.43 Å². The minimum atomic E-state index is -0.0548. The molecule has 0 aromatic carbocycles. The first-order chi connectivity index (χ1) is 10.7. The normalized spacial score (nSPS) is 51.8. The molecule has 6 bridgehead atoms. The summed E-state index contributed by atoms with van der Waals surface area (Å²) in [5.41, 5.74) is 2.90. The topological polar surface area (TPSA) is 41.5 Å². The van der Waals surface area contributed by atoms with Gasteiger partial charge in [0, 0.05) is 6.21 Å². The summed E-state index contributed by atoms with van der Waals surface area (Å²) in [4.78, 5) is 12.8. The molecule has 0 spiro atoms. The molecule has 3 unspecified atom stereocenters. The molecule has 0 aliphatic heterocycles. The number of hydrogen-bond donors (Lipinski definition) is 1. The van der Waals surface area contributed by atoms with Crippen LogP contribution in [-0.4, -0.2) is 12.1 Å². The van der Waals surface area contributed by atoms with E-state index in [-0.39, 0.29) is 11.3 Å². The van der Waals surface area contributed by atoms with Crippen molar-refractivity contribution in [1.82, 2.24) is 5.43 Å². The maximum atomic E-state index is 12.8. The first-order valence-corrected chi connectivity index (χ1v) is 9.54. The molecule has 22 heavy (non-hydrogen) atoms. The fourth-order valence-corrected chi connectivity index (χ4v) is 7.18. The lowest BCUT2D eigenvalue weighted by atomic mass is 9.49. The smallest absolute Gasteiger partial charge is 0.246 e. The molecule has 0 radical (unpaired) electrons. The van der Waals surface area contributed by atoms with Crippen molar-refractivity contribution in [3.63, 3.8) is 0 Å². The highest BCUT2D eigenvalue weighted by atomic mass is 16.2. The van der Waals surface area contributed by atoms with Gasteiger partial charge >= 0.3 is 0 Å². The number of nitrogens with zero attached hydrogens (tertiary/aromatic N) is 1. The fourth-order valence-electron chi connectivity index (χ4n) is 7.18. The number of amides is 1. The van der Waals surface area contributed by atoms with Gasteiger partial charge in [-0.15, -0.1) is 0 Å². The summed E-state index contributed by atoms with van der Waals surface area (Å²) in [6.07, 6.45) is 15.2. The average Bonchev–Trinajstić information content (AvgIpc) is 3.08. The van der Waals surface area contributed by atoms with Crippen molar-refractivity contribution < 1.29 is 4.79 Å². The molecule has 6 fully saturated rings. The number of hydrazone groups is 1. The monoisotopic (exact) mass is 300 g/mol. The molecule has 3 nitrogen and oxygen atoms in total. The summed E-state index contributed by atoms with van der Waals surface area (Å²) >= 11 is 0. The molecule has 6 aliphatic carbocycles. The van der Waals surface area contributed by atoms with Crippen molar-refractivity contribution in [2.45, 2.75) is 64.2 Å². The molecule has 3 heteroatoms. The SMILES string of the molecule is O=C(NN=CC1CC2CCC1C2)C12CC3CC(CC(C3)C1)C2. The third kappa shape index (κ3) is 2.07. The molecule has 3 atom stereocenters. The minimum absolute atomic E-state index is 0.0548. The van der Waals surface area contributed by atoms with Gasteiger partial charge in [-0.05, 0) is 93.3 Å². The highest BCUT2D eigenvalue weighted by molar-refractivity contribution is 5.83. The number of fused-ring (bicyclic) bond motifs is 2. The predicted molar refractivity (Wildman–Crippen MR) is 86.2 cm³/mol. The Balaban J connectivity index is 1.24. The van der Waals surface area contributed by atoms with Crippen LogP contribution in [0, 0.1) is 40.9 Å². The Bertz CT molecular complexity index is 476. The molecule has 6 rings (SSSR count). The van der Waals surface area contributed by atoms with E-state index >= 15 is 0 Å². The van der Waals surface area contributed by atoms with Gasteiger partial charge in [0.25, 0.3) is 0 Å². The maximum Gasteiger partial charge on any atom is 0.246 e. The second-order valence-electron chi connectivity index (χ2n) is 9.26. The van der Waals surface area contributed by atoms with Gasteiger partial charge in [0.1, 0.15) is 0 Å². The van der Waals surface area contributed by atoms with E-state index in [1.807, 2.05) is 0 Å². The second kappa shape index (κ2) is 4.82. The van der Waals surface area contributed by atoms with Crippen LogP contribution in [0.25, 0.3) is 0 Å². The van der Waals surface area contributed by atoms with E-state index in [0.717, 1.165) is 48.9 Å². The molecule has 0 saturated heterocycles. The first-order valence-electron chi connectivity index (χ1n) is 9.54. The third-order valence-electron chi connectivity index (χ3n) is 7.74. The molecule has 6 aliphatic rings. The number of rotatable bonds is 3. The van der Waals surface area contributed by atoms with E-state index in [9.17, 15) is 4.79 Å². The minimum Gasteiger partial charge on any atom is -0.273 e. The molecular weight excluding hydrogens is 272 g/mol. The predicted octanol–water partition coefficient (Wildman–Crippen LogP) is 3.74. The zero-order valence-corrected chi connectivity index (χ0v) is 13.5. The Kier molecular flexibility index (Phi) is 2.97. The van der Waals surface area contributed by atoms with Gasteiger partial charge < -0.3 is 0 Å². The number of nitrogens with one attached hydrogen (secondary N) is 1. The maximum absolute atomic E-state index is 12.8. The average molecular weight is 300 g/mol. The van der Waals surface area contributed by atoms with Gasteiger partial charge in [-0.2, -0.15) is 5.10 Å². The van der Waals surface area contributed by atoms with E-state index in [1.165, 1.54) is 44.9 Å². The van der Waals surface area contributed by atoms with Gasteiger partial charge in [0.05, 0.1) is 5.41 Å². The molecule has 120 valence electrons. The Labute approximate surface area is 133 Å². The van der Waals surface area contributed by atoms with Crippen LogP contribution in [0.4, 0.5) is 0 Å². The molecule has 1 N–H and O–H groups in total. The largest absolute Gasteiger partial charge is 0.273 e. The summed E-state index contributed by atoms with van der Waals surface area (Å²) in [6.45, 7) is 0. The second-order valence-corrected chi connectivity index (χ2v) is 9.26. The molecular formula is C19H28N2O. The Morgan fingerprint density at radius 3 is 2.14 bits per heavy atom. The summed E-state index contributed by atoms with van der Waals surface area (Å²) in [5, 5.41) is 4.40. The fraction of sp³-hybridized carbons (Fsp3) is 0.895. The van der Waals surface area contributed by atoms with E-state index in [0.29, 0.717) is 5.92 Å². The lowest BCUT2D eigenvalue weighted by Crippen LogP contribution is -2.52. The standard InChI is InChI=1S/C19H28N2O/c22-18(21-20-11-17-7-12-1-2-16(17)6-12)19-8-13-3-14(9-19)5-15(4-13)10-19/h11-17H,1-10H2,(H,21,22). The van der Waals surface area contributed by atoms with Gasteiger partial charge in [-0.1, -0.05) is 6.42 Å². The van der Waals surface area contributed by atoms with Crippen molar-refractivity contribution in [2.24, 2.45) is 46.0 Å². The van der Waals surface area contributed by atoms with Crippen LogP contribution >= 0.6 is 0 Å². The lowest BCUT2D eigenvalue weighted by Gasteiger charge is -2.55. The van der Waals surface area contributed by atoms with Crippen LogP contribution in [0.3, 0.4) is 0 Å². The van der Waals surface area contributed by atoms with E-state index in [1.54, 1.807) is 0 Å². The summed E-state index contributed by atoms with van der Waals surface area (Å²) in [6, 6.07) is 0. The molecule has 0 aromatic rings. The zero-order chi connectivity index (χ0) is 14.7. The van der Waals surface area contributed by atoms with E-state index < -0.39 is 0 Å². The third-order valence-corrected chi connectivity index (χ3v) is 7.74. The van der Waals surface area contributed by atoms with Gasteiger partial charge in [-0.3, -0.25) is 4.79 Å². The quantitative estimate of drug-likeness (QED) is 0.626. The number of carbonyl (C=O) groups is 1. The van der Waals surface area contributed by atoms with Crippen LogP contribution in [-0.2, 0) is 4.79 Å². The van der Waals surface area contributed by atoms with Gasteiger partial charge in [0.2, 0.25) is 5.91 Å².